The van der Waals surface area contributed by atoms with Gasteiger partial charge in [-0.3, -0.25) is 5.73 Å². The average molecular weight is 388 g/mol. The number of anilines is 1. The number of benzene rings is 2. The molecule has 148 valence electrons. The van der Waals surface area contributed by atoms with E-state index in [1.807, 2.05) is 30.5 Å². The molecule has 7 nitrogen and oxygen atoms in total. The van der Waals surface area contributed by atoms with Crippen LogP contribution < -0.4 is 21.7 Å². The first-order chi connectivity index (χ1) is 14.1. The zero-order valence-corrected chi connectivity index (χ0v) is 16.1. The Morgan fingerprint density at radius 2 is 1.83 bits per heavy atom. The lowest BCUT2D eigenvalue weighted by molar-refractivity contribution is 0.122. The monoisotopic (exact) mass is 388 g/mol. The van der Waals surface area contributed by atoms with E-state index in [2.05, 4.69) is 44.5 Å². The van der Waals surface area contributed by atoms with Crippen molar-refractivity contribution < 1.29 is 4.74 Å². The number of nitrogens with one attached hydrogen (secondary N) is 2. The molecule has 5 rings (SSSR count). The maximum Gasteiger partial charge on any atom is 0.171 e. The molecule has 2 aromatic carbocycles. The number of ether oxygens (including phenoxy) is 1. The molecule has 1 atom stereocenters. The van der Waals surface area contributed by atoms with E-state index in [0.29, 0.717) is 5.84 Å². The van der Waals surface area contributed by atoms with Crippen LogP contribution in [0.15, 0.2) is 65.9 Å². The lowest BCUT2D eigenvalue weighted by Crippen LogP contribution is -2.60. The molecule has 3 aromatic rings. The van der Waals surface area contributed by atoms with Gasteiger partial charge in [0, 0.05) is 36.1 Å². The molecule has 0 bridgehead atoms. The third-order valence-electron chi connectivity index (χ3n) is 5.63. The van der Waals surface area contributed by atoms with Crippen LogP contribution in [0, 0.1) is 0 Å². The Kier molecular flexibility index (Phi) is 4.26. The number of nitrogens with two attached hydrogens (primary N) is 2. The van der Waals surface area contributed by atoms with Crippen LogP contribution in [0.25, 0.3) is 16.6 Å². The third kappa shape index (κ3) is 3.14. The van der Waals surface area contributed by atoms with E-state index in [1.165, 1.54) is 5.69 Å². The second-order valence-corrected chi connectivity index (χ2v) is 7.42. The summed E-state index contributed by atoms with van der Waals surface area (Å²) < 4.78 is 5.43. The number of hydrogen-bond acceptors (Lipinski definition) is 6. The van der Waals surface area contributed by atoms with Crippen molar-refractivity contribution in [3.63, 3.8) is 0 Å². The number of rotatable bonds is 3. The molecule has 1 saturated heterocycles. The Balaban J connectivity index is 1.43. The van der Waals surface area contributed by atoms with E-state index in [0.717, 1.165) is 54.0 Å². The lowest BCUT2D eigenvalue weighted by atomic mass is 9.95. The Morgan fingerprint density at radius 3 is 2.62 bits per heavy atom. The molecule has 1 unspecified atom stereocenters. The molecule has 2 aliphatic rings. The van der Waals surface area contributed by atoms with Gasteiger partial charge >= 0.3 is 0 Å². The minimum absolute atomic E-state index is 0.334. The molecule has 0 spiro atoms. The summed E-state index contributed by atoms with van der Waals surface area (Å²) in [6.45, 7) is 3.36. The normalized spacial score (nSPS) is 22.2. The van der Waals surface area contributed by atoms with Crippen molar-refractivity contribution in [1.29, 1.82) is 0 Å². The molecule has 3 heterocycles. The van der Waals surface area contributed by atoms with Gasteiger partial charge < -0.3 is 25.7 Å². The van der Waals surface area contributed by atoms with E-state index < -0.39 is 5.66 Å². The number of aromatic nitrogens is 1. The second kappa shape index (κ2) is 6.95. The smallest absolute Gasteiger partial charge is 0.171 e. The van der Waals surface area contributed by atoms with Crippen LogP contribution >= 0.6 is 0 Å². The first-order valence-corrected chi connectivity index (χ1v) is 9.75. The van der Waals surface area contributed by atoms with Gasteiger partial charge in [0.1, 0.15) is 5.84 Å². The SMILES string of the molecule is NC1=NC=C(c2ccc(N3CCOCC3)cc2)NC1(N)c1ccc2[nH]ccc2c1. The van der Waals surface area contributed by atoms with Crippen molar-refractivity contribution in [3.8, 4) is 0 Å². The van der Waals surface area contributed by atoms with E-state index in [1.54, 1.807) is 6.20 Å². The van der Waals surface area contributed by atoms with Gasteiger partial charge in [0.05, 0.1) is 25.1 Å². The molecule has 7 heteroatoms. The van der Waals surface area contributed by atoms with Gasteiger partial charge in [-0.1, -0.05) is 18.2 Å². The van der Waals surface area contributed by atoms with Crippen LogP contribution in [-0.2, 0) is 10.4 Å². The van der Waals surface area contributed by atoms with E-state index in [4.69, 9.17) is 16.2 Å². The fraction of sp³-hybridized carbons (Fsp3) is 0.227. The highest BCUT2D eigenvalue weighted by Gasteiger charge is 2.35. The first kappa shape index (κ1) is 17.8. The predicted molar refractivity (Wildman–Crippen MR) is 116 cm³/mol. The minimum Gasteiger partial charge on any atom is -0.384 e. The molecule has 0 saturated carbocycles. The summed E-state index contributed by atoms with van der Waals surface area (Å²) in [7, 11) is 0. The second-order valence-electron chi connectivity index (χ2n) is 7.42. The van der Waals surface area contributed by atoms with Crippen molar-refractivity contribution in [2.75, 3.05) is 31.2 Å². The quantitative estimate of drug-likeness (QED) is 0.550. The number of hydrogen-bond donors (Lipinski definition) is 4. The summed E-state index contributed by atoms with van der Waals surface area (Å²) in [5, 5.41) is 4.48. The van der Waals surface area contributed by atoms with Gasteiger partial charge in [-0.2, -0.15) is 0 Å². The summed E-state index contributed by atoms with van der Waals surface area (Å²) in [5.74, 6) is 0.334. The highest BCUT2D eigenvalue weighted by molar-refractivity contribution is 5.96. The summed E-state index contributed by atoms with van der Waals surface area (Å²) >= 11 is 0. The molecule has 1 aromatic heterocycles. The van der Waals surface area contributed by atoms with Crippen molar-refractivity contribution in [2.24, 2.45) is 16.5 Å². The van der Waals surface area contributed by atoms with Crippen molar-refractivity contribution >= 4 is 28.1 Å². The summed E-state index contributed by atoms with van der Waals surface area (Å²) in [6, 6.07) is 16.4. The van der Waals surface area contributed by atoms with E-state index in [-0.39, 0.29) is 0 Å². The van der Waals surface area contributed by atoms with E-state index in [9.17, 15) is 0 Å². The minimum atomic E-state index is -1.07. The lowest BCUT2D eigenvalue weighted by Gasteiger charge is -2.35. The highest BCUT2D eigenvalue weighted by Crippen LogP contribution is 2.28. The number of aromatic amines is 1. The first-order valence-electron chi connectivity index (χ1n) is 9.75. The highest BCUT2D eigenvalue weighted by atomic mass is 16.5. The van der Waals surface area contributed by atoms with E-state index >= 15 is 0 Å². The molecule has 1 fully saturated rings. The Bertz CT molecular complexity index is 1090. The zero-order chi connectivity index (χ0) is 19.8. The number of H-pyrrole nitrogens is 1. The number of fused-ring (bicyclic) bond motifs is 1. The fourth-order valence-corrected chi connectivity index (χ4v) is 3.88. The average Bonchev–Trinajstić information content (AvgIpc) is 3.24. The molecule has 2 aliphatic heterocycles. The van der Waals surface area contributed by atoms with Gasteiger partial charge in [-0.25, -0.2) is 4.99 Å². The predicted octanol–water partition coefficient (Wildman–Crippen LogP) is 2.08. The van der Waals surface area contributed by atoms with Gasteiger partial charge in [0.15, 0.2) is 5.66 Å². The number of morpholine rings is 1. The fourth-order valence-electron chi connectivity index (χ4n) is 3.88. The topological polar surface area (TPSA) is 105 Å². The van der Waals surface area contributed by atoms with Crippen LogP contribution in [0.2, 0.25) is 0 Å². The zero-order valence-electron chi connectivity index (χ0n) is 16.1. The maximum absolute atomic E-state index is 6.72. The number of aliphatic imine (C=N–C) groups is 1. The van der Waals surface area contributed by atoms with Gasteiger partial charge in [-0.05, 0) is 41.3 Å². The molecule has 29 heavy (non-hydrogen) atoms. The molecule has 0 amide bonds. The van der Waals surface area contributed by atoms with Gasteiger partial charge in [0.25, 0.3) is 0 Å². The van der Waals surface area contributed by atoms with Crippen molar-refractivity contribution in [1.82, 2.24) is 10.3 Å². The van der Waals surface area contributed by atoms with Crippen LogP contribution in [0.5, 0.6) is 0 Å². The van der Waals surface area contributed by atoms with Crippen molar-refractivity contribution in [3.05, 3.63) is 72.1 Å². The third-order valence-corrected chi connectivity index (χ3v) is 5.63. The number of amidine groups is 1. The molecular weight excluding hydrogens is 364 g/mol. The summed E-state index contributed by atoms with van der Waals surface area (Å²) in [6.07, 6.45) is 3.64. The molecule has 0 aliphatic carbocycles. The van der Waals surface area contributed by atoms with Gasteiger partial charge in [-0.15, -0.1) is 0 Å². The Morgan fingerprint density at radius 1 is 1.03 bits per heavy atom. The number of nitrogens with zero attached hydrogens (tertiary/aromatic N) is 2. The molecule has 0 radical (unpaired) electrons. The molecular formula is C22H24N6O. The van der Waals surface area contributed by atoms with Crippen LogP contribution in [0.4, 0.5) is 5.69 Å². The standard InChI is InChI=1S/C22H24N6O/c23-21-22(24,17-3-6-19-16(13-17)7-8-25-19)27-20(14-26-21)15-1-4-18(5-2-15)28-9-11-29-12-10-28/h1-8,13-14,25,27H,9-12,24H2,(H2,23,26). The largest absolute Gasteiger partial charge is 0.384 e. The Labute approximate surface area is 169 Å². The van der Waals surface area contributed by atoms with Crippen LogP contribution in [-0.4, -0.2) is 37.1 Å². The molecule has 6 N–H and O–H groups in total. The van der Waals surface area contributed by atoms with Crippen LogP contribution in [0.1, 0.15) is 11.1 Å². The van der Waals surface area contributed by atoms with Crippen LogP contribution in [0.3, 0.4) is 0 Å². The summed E-state index contributed by atoms with van der Waals surface area (Å²) in [5.41, 5.74) is 16.8. The Hall–Kier alpha value is -3.29. The maximum atomic E-state index is 6.72. The van der Waals surface area contributed by atoms with Gasteiger partial charge in [0.2, 0.25) is 0 Å². The summed E-state index contributed by atoms with van der Waals surface area (Å²) in [4.78, 5) is 9.93. The van der Waals surface area contributed by atoms with Crippen molar-refractivity contribution in [2.45, 2.75) is 5.66 Å².